The van der Waals surface area contributed by atoms with E-state index in [0.29, 0.717) is 17.4 Å². The van der Waals surface area contributed by atoms with Crippen molar-refractivity contribution in [3.05, 3.63) is 134 Å². The molecule has 482 valence electrons. The van der Waals surface area contributed by atoms with Gasteiger partial charge in [0.25, 0.3) is 0 Å². The Bertz CT molecular complexity index is 1830. The van der Waals surface area contributed by atoms with Crippen LogP contribution in [-0.4, -0.2) is 73.4 Å². The summed E-state index contributed by atoms with van der Waals surface area (Å²) in [6, 6.07) is -0.881. The number of aliphatic hydroxyl groups is 1. The maximum Gasteiger partial charge on any atom is 0.472 e. The lowest BCUT2D eigenvalue weighted by Gasteiger charge is -2.25. The maximum absolute atomic E-state index is 13.0. The number of rotatable bonds is 62. The molecule has 0 saturated carbocycles. The second-order valence-corrected chi connectivity index (χ2v) is 25.6. The molecule has 3 N–H and O–H groups in total. The molecular weight excluding hydrogens is 1060 g/mol. The third kappa shape index (κ3) is 66.2. The van der Waals surface area contributed by atoms with Crippen molar-refractivity contribution >= 4 is 13.7 Å². The van der Waals surface area contributed by atoms with E-state index in [1.54, 1.807) is 6.08 Å². The van der Waals surface area contributed by atoms with Crippen molar-refractivity contribution in [2.75, 3.05) is 40.9 Å². The molecule has 8 nitrogen and oxygen atoms in total. The number of likely N-dealkylation sites (N-methyl/N-ethyl adjacent to an activating group) is 1. The summed E-state index contributed by atoms with van der Waals surface area (Å²) in [7, 11) is 1.53. The summed E-state index contributed by atoms with van der Waals surface area (Å²) in [5.74, 6) is -0.196. The van der Waals surface area contributed by atoms with Crippen LogP contribution in [0.1, 0.15) is 284 Å². The number of nitrogens with zero attached hydrogens (tertiary/aromatic N) is 1. The minimum atomic E-state index is -4.37. The summed E-state index contributed by atoms with van der Waals surface area (Å²) >= 11 is 0. The van der Waals surface area contributed by atoms with E-state index >= 15 is 0 Å². The highest BCUT2D eigenvalue weighted by atomic mass is 31.2. The van der Waals surface area contributed by atoms with Crippen molar-refractivity contribution < 1.29 is 32.9 Å². The van der Waals surface area contributed by atoms with Crippen LogP contribution in [-0.2, 0) is 18.4 Å². The van der Waals surface area contributed by atoms with Crippen LogP contribution in [0.5, 0.6) is 0 Å². The summed E-state index contributed by atoms with van der Waals surface area (Å²) in [5.41, 5.74) is 0. The Morgan fingerprint density at radius 3 is 1.10 bits per heavy atom. The molecule has 0 fully saturated rings. The van der Waals surface area contributed by atoms with Crippen molar-refractivity contribution in [1.29, 1.82) is 0 Å². The van der Waals surface area contributed by atoms with Crippen LogP contribution >= 0.6 is 7.82 Å². The lowest BCUT2D eigenvalue weighted by molar-refractivity contribution is -0.870. The first-order chi connectivity index (χ1) is 41.0. The molecule has 9 heteroatoms. The summed E-state index contributed by atoms with van der Waals surface area (Å²) in [6.45, 7) is 4.68. The zero-order valence-electron chi connectivity index (χ0n) is 55.1. The molecule has 84 heavy (non-hydrogen) atoms. The Balaban J connectivity index is 4.17. The fourth-order valence-electron chi connectivity index (χ4n) is 9.50. The van der Waals surface area contributed by atoms with Crippen molar-refractivity contribution in [1.82, 2.24) is 5.32 Å². The summed E-state index contributed by atoms with van der Waals surface area (Å²) in [6.07, 6.45) is 97.3. The standard InChI is InChI=1S/C75H131N2O6P/c1-6-8-10-12-14-16-18-20-22-24-26-28-30-32-33-34-35-36-37-38-39-40-41-42-43-45-47-49-51-53-55-57-59-61-63-65-67-69-75(79)76-73(72-83-84(80,81)82-71-70-77(3,4)5)74(78)68-66-64-62-60-58-56-54-52-50-48-46-44-31-29-27-25-23-21-19-17-15-13-11-9-7-2/h8,10,14,16,20,22,26,28,32-33,35-36,38-39,41-42,50,52,58,60,66,68,73-74,78H,6-7,9,11-13,15,17-19,21,23-25,27,29-31,34,37,40,43-49,51,53-57,59,61-65,67,69-72H2,1-5H3,(H-,76,79,80,81)/p+1/b10-8-,16-14-,22-20-,28-26-,33-32-,36-35-,39-38-,42-41-,52-50+,60-58+,68-66+. The molecule has 0 heterocycles. The number of allylic oxidation sites excluding steroid dienone is 21. The number of hydrogen-bond donors (Lipinski definition) is 3. The van der Waals surface area contributed by atoms with Crippen LogP contribution < -0.4 is 5.32 Å². The molecule has 3 unspecified atom stereocenters. The Labute approximate surface area is 519 Å². The number of aliphatic hydroxyl groups excluding tert-OH is 1. The molecule has 0 aliphatic heterocycles. The number of carbonyl (C=O) groups is 1. The van der Waals surface area contributed by atoms with Crippen LogP contribution in [0.3, 0.4) is 0 Å². The van der Waals surface area contributed by atoms with Gasteiger partial charge in [-0.15, -0.1) is 0 Å². The molecule has 0 spiro atoms. The highest BCUT2D eigenvalue weighted by Crippen LogP contribution is 2.43. The third-order valence-electron chi connectivity index (χ3n) is 14.8. The van der Waals surface area contributed by atoms with Gasteiger partial charge >= 0.3 is 7.82 Å². The van der Waals surface area contributed by atoms with Crippen LogP contribution in [0.2, 0.25) is 0 Å². The van der Waals surface area contributed by atoms with E-state index in [2.05, 4.69) is 141 Å². The van der Waals surface area contributed by atoms with Crippen molar-refractivity contribution in [3.8, 4) is 0 Å². The smallest absolute Gasteiger partial charge is 0.387 e. The fraction of sp³-hybridized carbons (Fsp3) is 0.693. The highest BCUT2D eigenvalue weighted by molar-refractivity contribution is 7.47. The Hall–Kier alpha value is -3.36. The predicted octanol–water partition coefficient (Wildman–Crippen LogP) is 22.2. The molecule has 1 amide bonds. The van der Waals surface area contributed by atoms with Gasteiger partial charge in [0.05, 0.1) is 39.9 Å². The molecule has 0 aromatic carbocycles. The van der Waals surface area contributed by atoms with E-state index in [1.807, 2.05) is 27.2 Å². The number of phosphoric ester groups is 1. The zero-order valence-corrected chi connectivity index (χ0v) is 56.0. The van der Waals surface area contributed by atoms with Crippen LogP contribution in [0.15, 0.2) is 134 Å². The number of phosphoric acid groups is 1. The van der Waals surface area contributed by atoms with E-state index in [4.69, 9.17) is 9.05 Å². The lowest BCUT2D eigenvalue weighted by Crippen LogP contribution is -2.45. The second-order valence-electron chi connectivity index (χ2n) is 24.2. The first-order valence-electron chi connectivity index (χ1n) is 34.6. The van der Waals surface area contributed by atoms with Gasteiger partial charge in [-0.05, 0) is 109 Å². The average Bonchev–Trinajstić information content (AvgIpc) is 3.56. The van der Waals surface area contributed by atoms with Gasteiger partial charge < -0.3 is 19.8 Å². The lowest BCUT2D eigenvalue weighted by atomic mass is 10.0. The molecule has 3 atom stereocenters. The average molecular weight is 1190 g/mol. The molecule has 0 rings (SSSR count). The zero-order chi connectivity index (χ0) is 61.2. The summed E-state index contributed by atoms with van der Waals surface area (Å²) < 4.78 is 23.8. The quantitative estimate of drug-likeness (QED) is 0.0243. The van der Waals surface area contributed by atoms with Gasteiger partial charge in [0.15, 0.2) is 0 Å². The van der Waals surface area contributed by atoms with E-state index in [9.17, 15) is 19.4 Å². The monoisotopic (exact) mass is 1190 g/mol. The Morgan fingerprint density at radius 2 is 0.726 bits per heavy atom. The molecule has 0 saturated heterocycles. The minimum Gasteiger partial charge on any atom is -0.387 e. The number of carbonyl (C=O) groups excluding carboxylic acids is 1. The molecule has 0 aliphatic rings. The molecule has 0 aromatic heterocycles. The summed E-state index contributed by atoms with van der Waals surface area (Å²) in [4.78, 5) is 23.4. The largest absolute Gasteiger partial charge is 0.472 e. The normalized spacial score (nSPS) is 14.5. The van der Waals surface area contributed by atoms with Crippen LogP contribution in [0, 0.1) is 0 Å². The van der Waals surface area contributed by atoms with Gasteiger partial charge in [-0.2, -0.15) is 0 Å². The Morgan fingerprint density at radius 1 is 0.417 bits per heavy atom. The third-order valence-corrected chi connectivity index (χ3v) is 15.8. The van der Waals surface area contributed by atoms with E-state index in [1.165, 1.54) is 167 Å². The maximum atomic E-state index is 13.0. The molecule has 0 bridgehead atoms. The first kappa shape index (κ1) is 80.6. The molecule has 0 radical (unpaired) electrons. The number of hydrogen-bond acceptors (Lipinski definition) is 5. The van der Waals surface area contributed by atoms with Gasteiger partial charge in [0.2, 0.25) is 5.91 Å². The molecular formula is C75H132N2O6P+. The predicted molar refractivity (Wildman–Crippen MR) is 368 cm³/mol. The Kier molecular flexibility index (Phi) is 61.6. The topological polar surface area (TPSA) is 105 Å². The SMILES string of the molecule is CC/C=C\C/C=C\C/C=C\C/C=C\C/C=C\C/C=C\C/C=C\C/C=C\CCCCCCCCCCCCCCC(=O)NC(COP(=O)(O)OCC[N+](C)(C)C)C(O)/C=C/CC/C=C/CC/C=C/CCCCCCCCCCCCCCCCC. The van der Waals surface area contributed by atoms with Gasteiger partial charge in [0, 0.05) is 6.42 Å². The molecule has 0 aliphatic carbocycles. The van der Waals surface area contributed by atoms with E-state index in [-0.39, 0.29) is 19.1 Å². The summed E-state index contributed by atoms with van der Waals surface area (Å²) in [5, 5.41) is 14.0. The number of unbranched alkanes of at least 4 members (excludes halogenated alkanes) is 29. The number of quaternary nitrogens is 1. The van der Waals surface area contributed by atoms with Crippen molar-refractivity contribution in [3.63, 3.8) is 0 Å². The van der Waals surface area contributed by atoms with E-state index in [0.717, 1.165) is 96.3 Å². The fourth-order valence-corrected chi connectivity index (χ4v) is 10.2. The number of amides is 1. The van der Waals surface area contributed by atoms with Crippen LogP contribution in [0.25, 0.3) is 0 Å². The van der Waals surface area contributed by atoms with Gasteiger partial charge in [-0.1, -0.05) is 302 Å². The van der Waals surface area contributed by atoms with Crippen LogP contribution in [0.4, 0.5) is 0 Å². The van der Waals surface area contributed by atoms with Gasteiger partial charge in [0.1, 0.15) is 13.2 Å². The second kappa shape index (κ2) is 64.1. The highest BCUT2D eigenvalue weighted by Gasteiger charge is 2.28. The molecule has 0 aromatic rings. The number of nitrogens with one attached hydrogen (secondary N) is 1. The van der Waals surface area contributed by atoms with E-state index < -0.39 is 20.0 Å². The van der Waals surface area contributed by atoms with Gasteiger partial charge in [-0.3, -0.25) is 13.8 Å². The van der Waals surface area contributed by atoms with Gasteiger partial charge in [-0.25, -0.2) is 4.57 Å². The van der Waals surface area contributed by atoms with Crippen molar-refractivity contribution in [2.24, 2.45) is 0 Å². The van der Waals surface area contributed by atoms with Crippen molar-refractivity contribution in [2.45, 2.75) is 296 Å². The first-order valence-corrected chi connectivity index (χ1v) is 36.1. The minimum absolute atomic E-state index is 0.0476.